The van der Waals surface area contributed by atoms with Gasteiger partial charge < -0.3 is 15.0 Å². The largest absolute Gasteiger partial charge is 0.491 e. The number of rotatable bonds is 3. The maximum Gasteiger partial charge on any atom is 0.491 e. The smallest absolute Gasteiger partial charge is 0.423 e. The van der Waals surface area contributed by atoms with Crippen LogP contribution in [0, 0.1) is 0 Å². The van der Waals surface area contributed by atoms with Crippen molar-refractivity contribution >= 4 is 24.2 Å². The molecule has 2 aromatic rings. The molecule has 1 aromatic heterocycles. The van der Waals surface area contributed by atoms with E-state index in [1.54, 1.807) is 6.07 Å². The van der Waals surface area contributed by atoms with Crippen molar-refractivity contribution in [3.05, 3.63) is 35.2 Å². The first-order valence-electron chi connectivity index (χ1n) is 7.44. The Labute approximate surface area is 140 Å². The molecule has 132 valence electrons. The Kier molecular flexibility index (Phi) is 4.29. The molecule has 0 fully saturated rings. The predicted molar refractivity (Wildman–Crippen MR) is 82.2 cm³/mol. The van der Waals surface area contributed by atoms with E-state index < -0.39 is 36.6 Å². The SMILES string of the molecule is CC(C)n1nnc(C(=O)Nc2ccc3c(c2)B(O)OC3)c1C(F)(F)F. The fraction of sp³-hybridized carbons (Fsp3) is 0.357. The van der Waals surface area contributed by atoms with Crippen molar-refractivity contribution in [2.45, 2.75) is 32.7 Å². The molecule has 2 N–H and O–H groups in total. The van der Waals surface area contributed by atoms with E-state index in [0.717, 1.165) is 5.56 Å². The number of alkyl halides is 3. The molecule has 0 saturated carbocycles. The summed E-state index contributed by atoms with van der Waals surface area (Å²) in [6.07, 6.45) is -4.78. The first-order valence-corrected chi connectivity index (χ1v) is 7.44. The van der Waals surface area contributed by atoms with Gasteiger partial charge in [0, 0.05) is 11.7 Å². The van der Waals surface area contributed by atoms with E-state index in [2.05, 4.69) is 15.6 Å². The minimum absolute atomic E-state index is 0.223. The molecule has 1 aromatic carbocycles. The van der Waals surface area contributed by atoms with E-state index in [4.69, 9.17) is 4.65 Å². The fourth-order valence-electron chi connectivity index (χ4n) is 2.55. The highest BCUT2D eigenvalue weighted by molar-refractivity contribution is 6.61. The number of anilines is 1. The molecule has 3 rings (SSSR count). The van der Waals surface area contributed by atoms with Crippen molar-refractivity contribution in [2.24, 2.45) is 0 Å². The number of halogens is 3. The lowest BCUT2D eigenvalue weighted by Gasteiger charge is -2.13. The number of carbonyl (C=O) groups is 1. The number of nitrogens with one attached hydrogen (secondary N) is 1. The summed E-state index contributed by atoms with van der Waals surface area (Å²) in [6, 6.07) is 3.97. The lowest BCUT2D eigenvalue weighted by Crippen LogP contribution is -2.28. The first kappa shape index (κ1) is 17.4. The van der Waals surface area contributed by atoms with Gasteiger partial charge in [-0.3, -0.25) is 4.79 Å². The number of carbonyl (C=O) groups excluding carboxylic acids is 1. The Bertz CT molecular complexity index is 822. The second kappa shape index (κ2) is 6.15. The van der Waals surface area contributed by atoms with Crippen LogP contribution < -0.4 is 10.8 Å². The van der Waals surface area contributed by atoms with Crippen LogP contribution >= 0.6 is 0 Å². The van der Waals surface area contributed by atoms with Crippen LogP contribution in [0.25, 0.3) is 0 Å². The quantitative estimate of drug-likeness (QED) is 0.813. The summed E-state index contributed by atoms with van der Waals surface area (Å²) < 4.78 is 45.6. The van der Waals surface area contributed by atoms with Crippen molar-refractivity contribution in [2.75, 3.05) is 5.32 Å². The van der Waals surface area contributed by atoms with E-state index in [1.165, 1.54) is 26.0 Å². The second-order valence-electron chi connectivity index (χ2n) is 5.85. The Hall–Kier alpha value is -2.40. The van der Waals surface area contributed by atoms with Crippen molar-refractivity contribution < 1.29 is 27.6 Å². The maximum atomic E-state index is 13.3. The van der Waals surface area contributed by atoms with Gasteiger partial charge in [0.25, 0.3) is 5.91 Å². The molecule has 0 radical (unpaired) electrons. The van der Waals surface area contributed by atoms with E-state index in [9.17, 15) is 23.0 Å². The molecular formula is C14H14BF3N4O3. The average molecular weight is 354 g/mol. The van der Waals surface area contributed by atoms with Crippen LogP contribution in [0.4, 0.5) is 18.9 Å². The molecule has 1 amide bonds. The van der Waals surface area contributed by atoms with Gasteiger partial charge in [0.1, 0.15) is 0 Å². The minimum atomic E-state index is -4.78. The molecule has 0 aliphatic carbocycles. The Balaban J connectivity index is 1.91. The molecule has 0 bridgehead atoms. The van der Waals surface area contributed by atoms with Crippen LogP contribution in [0.1, 0.15) is 41.6 Å². The Morgan fingerprint density at radius 1 is 1.44 bits per heavy atom. The van der Waals surface area contributed by atoms with Gasteiger partial charge in [-0.05, 0) is 37.0 Å². The number of amides is 1. The second-order valence-corrected chi connectivity index (χ2v) is 5.85. The third kappa shape index (κ3) is 3.24. The van der Waals surface area contributed by atoms with Crippen LogP contribution in [0.2, 0.25) is 0 Å². The van der Waals surface area contributed by atoms with Crippen LogP contribution in [0.5, 0.6) is 0 Å². The topological polar surface area (TPSA) is 89.3 Å². The van der Waals surface area contributed by atoms with Crippen molar-refractivity contribution in [3.63, 3.8) is 0 Å². The monoisotopic (exact) mass is 354 g/mol. The van der Waals surface area contributed by atoms with Gasteiger partial charge in [-0.15, -0.1) is 5.10 Å². The molecule has 0 spiro atoms. The van der Waals surface area contributed by atoms with E-state index in [-0.39, 0.29) is 12.3 Å². The van der Waals surface area contributed by atoms with Crippen molar-refractivity contribution in [3.8, 4) is 0 Å². The van der Waals surface area contributed by atoms with Crippen LogP contribution in [-0.4, -0.2) is 33.0 Å². The normalized spacial score (nSPS) is 14.1. The Morgan fingerprint density at radius 2 is 2.16 bits per heavy atom. The summed E-state index contributed by atoms with van der Waals surface area (Å²) in [5, 5.41) is 18.8. The molecule has 11 heteroatoms. The van der Waals surface area contributed by atoms with Crippen molar-refractivity contribution in [1.29, 1.82) is 0 Å². The number of benzene rings is 1. The highest BCUT2D eigenvalue weighted by Crippen LogP contribution is 2.33. The summed E-state index contributed by atoms with van der Waals surface area (Å²) in [7, 11) is -1.13. The van der Waals surface area contributed by atoms with E-state index in [1.807, 2.05) is 0 Å². The van der Waals surface area contributed by atoms with Gasteiger partial charge in [-0.2, -0.15) is 13.2 Å². The average Bonchev–Trinajstić information content (AvgIpc) is 3.12. The molecular weight excluding hydrogens is 340 g/mol. The Morgan fingerprint density at radius 3 is 2.80 bits per heavy atom. The molecule has 0 atom stereocenters. The zero-order valence-electron chi connectivity index (χ0n) is 13.3. The van der Waals surface area contributed by atoms with E-state index >= 15 is 0 Å². The summed E-state index contributed by atoms with van der Waals surface area (Å²) in [5.41, 5.74) is -0.588. The number of hydrogen-bond donors (Lipinski definition) is 2. The summed E-state index contributed by atoms with van der Waals surface area (Å²) >= 11 is 0. The maximum absolute atomic E-state index is 13.3. The van der Waals surface area contributed by atoms with Gasteiger partial charge in [-0.25, -0.2) is 4.68 Å². The number of hydrogen-bond acceptors (Lipinski definition) is 5. The predicted octanol–water partition coefficient (Wildman–Crippen LogP) is 1.35. The number of aromatic nitrogens is 3. The molecule has 0 saturated heterocycles. The zero-order valence-corrected chi connectivity index (χ0v) is 13.3. The molecule has 0 unspecified atom stereocenters. The van der Waals surface area contributed by atoms with Gasteiger partial charge in [-0.1, -0.05) is 11.3 Å². The summed E-state index contributed by atoms with van der Waals surface area (Å²) in [6.45, 7) is 3.24. The third-order valence-electron chi connectivity index (χ3n) is 3.73. The molecule has 1 aliphatic rings. The number of fused-ring (bicyclic) bond motifs is 1. The fourth-order valence-corrected chi connectivity index (χ4v) is 2.55. The summed E-state index contributed by atoms with van der Waals surface area (Å²) in [5.74, 6) is -1.03. The third-order valence-corrected chi connectivity index (χ3v) is 3.73. The van der Waals surface area contributed by atoms with Gasteiger partial charge in [0.05, 0.1) is 6.61 Å². The lowest BCUT2D eigenvalue weighted by molar-refractivity contribution is -0.145. The number of nitrogens with zero attached hydrogens (tertiary/aromatic N) is 3. The zero-order chi connectivity index (χ0) is 18.4. The minimum Gasteiger partial charge on any atom is -0.423 e. The van der Waals surface area contributed by atoms with Crippen LogP contribution in [0.15, 0.2) is 18.2 Å². The van der Waals surface area contributed by atoms with Crippen molar-refractivity contribution in [1.82, 2.24) is 15.0 Å². The van der Waals surface area contributed by atoms with Gasteiger partial charge in [0.2, 0.25) is 0 Å². The van der Waals surface area contributed by atoms with Gasteiger partial charge in [0.15, 0.2) is 11.4 Å². The lowest BCUT2D eigenvalue weighted by atomic mass is 9.79. The standard InChI is InChI=1S/C14H14BF3N4O3/c1-7(2)22-12(14(16,17)18)11(20-21-22)13(23)19-9-4-3-8-6-25-15(24)10(8)5-9/h3-5,7,24H,6H2,1-2H3,(H,19,23). The highest BCUT2D eigenvalue weighted by atomic mass is 19.4. The molecule has 1 aliphatic heterocycles. The molecule has 2 heterocycles. The van der Waals surface area contributed by atoms with Crippen LogP contribution in [0.3, 0.4) is 0 Å². The highest BCUT2D eigenvalue weighted by Gasteiger charge is 2.42. The summed E-state index contributed by atoms with van der Waals surface area (Å²) in [4.78, 5) is 12.3. The molecule has 7 nitrogen and oxygen atoms in total. The first-order chi connectivity index (χ1) is 11.7. The van der Waals surface area contributed by atoms with Gasteiger partial charge >= 0.3 is 13.3 Å². The molecule has 25 heavy (non-hydrogen) atoms. The van der Waals surface area contributed by atoms with E-state index in [0.29, 0.717) is 10.1 Å². The van der Waals surface area contributed by atoms with Crippen LogP contribution in [-0.2, 0) is 17.4 Å².